The molecule has 2 aromatic heterocycles. The average Bonchev–Trinajstić information content (AvgIpc) is 2.14. The van der Waals surface area contributed by atoms with E-state index in [1.54, 1.807) is 19.2 Å². The summed E-state index contributed by atoms with van der Waals surface area (Å²) >= 11 is 12.0. The summed E-state index contributed by atoms with van der Waals surface area (Å²) in [7, 11) is 1.65. The van der Waals surface area contributed by atoms with Crippen molar-refractivity contribution in [3.63, 3.8) is 0 Å². The molecule has 72 valence electrons. The molecule has 0 N–H and O–H groups in total. The van der Waals surface area contributed by atoms with Crippen LogP contribution in [-0.2, 0) is 7.05 Å². The van der Waals surface area contributed by atoms with Crippen molar-refractivity contribution in [3.05, 3.63) is 31.6 Å². The van der Waals surface area contributed by atoms with Crippen LogP contribution < -0.4 is 5.56 Å². The van der Waals surface area contributed by atoms with Gasteiger partial charge in [0.25, 0.3) is 5.56 Å². The van der Waals surface area contributed by atoms with Crippen LogP contribution in [0.5, 0.6) is 0 Å². The van der Waals surface area contributed by atoms with Crippen molar-refractivity contribution in [2.45, 2.75) is 0 Å². The van der Waals surface area contributed by atoms with Gasteiger partial charge in [-0.05, 0) is 24.4 Å². The van der Waals surface area contributed by atoms with Gasteiger partial charge in [-0.1, -0.05) is 22.9 Å². The summed E-state index contributed by atoms with van der Waals surface area (Å²) in [4.78, 5) is 16.3. The summed E-state index contributed by atoms with van der Waals surface area (Å²) in [5.74, 6) is 0. The molecule has 2 heterocycles. The molecule has 0 aliphatic heterocycles. The molecule has 6 heteroatoms. The third-order valence-corrected chi connectivity index (χ3v) is 3.51. The highest BCUT2D eigenvalue weighted by Crippen LogP contribution is 2.16. The fraction of sp³-hybridized carbons (Fsp3) is 0.125. The van der Waals surface area contributed by atoms with Crippen molar-refractivity contribution >= 4 is 45.4 Å². The molecular weight excluding hydrogens is 240 g/mol. The van der Waals surface area contributed by atoms with Crippen molar-refractivity contribution in [1.82, 2.24) is 9.55 Å². The lowest BCUT2D eigenvalue weighted by molar-refractivity contribution is 0.875. The Morgan fingerprint density at radius 2 is 2.29 bits per heavy atom. The van der Waals surface area contributed by atoms with E-state index < -0.39 is 0 Å². The zero-order valence-electron chi connectivity index (χ0n) is 7.15. The van der Waals surface area contributed by atoms with Crippen molar-refractivity contribution in [2.24, 2.45) is 7.05 Å². The molecule has 2 aromatic rings. The first-order valence-corrected chi connectivity index (χ1v) is 5.36. The van der Waals surface area contributed by atoms with Gasteiger partial charge in [-0.15, -0.1) is 0 Å². The predicted molar refractivity (Wildman–Crippen MR) is 60.7 cm³/mol. The predicted octanol–water partition coefficient (Wildman–Crippen LogP) is 2.38. The summed E-state index contributed by atoms with van der Waals surface area (Å²) in [6.45, 7) is 0. The molecule has 0 atom stereocenters. The average molecular weight is 245 g/mol. The number of hydrogen-bond acceptors (Lipinski definition) is 4. The Morgan fingerprint density at radius 3 is 3.00 bits per heavy atom. The van der Waals surface area contributed by atoms with E-state index in [9.17, 15) is 4.79 Å². The number of nitrogens with zero attached hydrogens (tertiary/aromatic N) is 2. The van der Waals surface area contributed by atoms with E-state index in [1.165, 1.54) is 15.9 Å². The topological polar surface area (TPSA) is 34.9 Å². The number of rotatable bonds is 0. The molecule has 2 rings (SSSR count). The minimum Gasteiger partial charge on any atom is -0.294 e. The van der Waals surface area contributed by atoms with E-state index >= 15 is 0 Å². The molecule has 0 aliphatic carbocycles. The first-order chi connectivity index (χ1) is 6.59. The summed E-state index contributed by atoms with van der Waals surface area (Å²) in [5.41, 5.74) is -0.132. The summed E-state index contributed by atoms with van der Waals surface area (Å²) in [6, 6.07) is 3.26. The maximum Gasteiger partial charge on any atom is 0.262 e. The third-order valence-electron chi connectivity index (χ3n) is 1.82. The SMILES string of the molecule is Cn1c(=S)sc2nc(Cl)ccc2c1=O. The van der Waals surface area contributed by atoms with E-state index in [2.05, 4.69) is 4.98 Å². The van der Waals surface area contributed by atoms with Gasteiger partial charge in [-0.2, -0.15) is 0 Å². The molecule has 0 amide bonds. The maximum atomic E-state index is 11.7. The number of hydrogen-bond donors (Lipinski definition) is 0. The fourth-order valence-electron chi connectivity index (χ4n) is 1.07. The molecule has 0 radical (unpaired) electrons. The molecule has 0 fully saturated rings. The van der Waals surface area contributed by atoms with Gasteiger partial charge in [0, 0.05) is 7.05 Å². The van der Waals surface area contributed by atoms with Crippen molar-refractivity contribution < 1.29 is 0 Å². The second kappa shape index (κ2) is 3.42. The van der Waals surface area contributed by atoms with Crippen LogP contribution in [0.25, 0.3) is 10.2 Å². The standard InChI is InChI=1S/C8H5ClN2OS2/c1-11-7(12)4-2-3-5(9)10-6(4)14-8(11)13/h2-3H,1H3. The second-order valence-electron chi connectivity index (χ2n) is 2.72. The minimum atomic E-state index is -0.132. The van der Waals surface area contributed by atoms with Crippen LogP contribution in [0.15, 0.2) is 16.9 Å². The van der Waals surface area contributed by atoms with Gasteiger partial charge in [-0.25, -0.2) is 4.98 Å². The molecule has 3 nitrogen and oxygen atoms in total. The lowest BCUT2D eigenvalue weighted by Crippen LogP contribution is -2.16. The molecule has 0 aliphatic rings. The Bertz CT molecular complexity index is 617. The van der Waals surface area contributed by atoms with Gasteiger partial charge in [0.2, 0.25) is 0 Å². The van der Waals surface area contributed by atoms with Gasteiger partial charge in [-0.3, -0.25) is 9.36 Å². The van der Waals surface area contributed by atoms with Crippen molar-refractivity contribution in [1.29, 1.82) is 0 Å². The molecular formula is C8H5ClN2OS2. The van der Waals surface area contributed by atoms with Crippen LogP contribution in [0.2, 0.25) is 5.15 Å². The molecule has 0 bridgehead atoms. The second-order valence-corrected chi connectivity index (χ2v) is 4.73. The zero-order valence-corrected chi connectivity index (χ0v) is 9.54. The highest BCUT2D eigenvalue weighted by atomic mass is 35.5. The van der Waals surface area contributed by atoms with E-state index in [4.69, 9.17) is 23.8 Å². The Morgan fingerprint density at radius 1 is 1.57 bits per heavy atom. The number of pyridine rings is 1. The summed E-state index contributed by atoms with van der Waals surface area (Å²) < 4.78 is 1.93. The first-order valence-electron chi connectivity index (χ1n) is 3.76. The van der Waals surface area contributed by atoms with Crippen LogP contribution in [0.3, 0.4) is 0 Å². The highest BCUT2D eigenvalue weighted by Gasteiger charge is 2.04. The normalized spacial score (nSPS) is 10.7. The van der Waals surface area contributed by atoms with Gasteiger partial charge >= 0.3 is 0 Å². The van der Waals surface area contributed by atoms with E-state index in [-0.39, 0.29) is 5.56 Å². The highest BCUT2D eigenvalue weighted by molar-refractivity contribution is 7.73. The largest absolute Gasteiger partial charge is 0.294 e. The molecule has 14 heavy (non-hydrogen) atoms. The van der Waals surface area contributed by atoms with Gasteiger partial charge in [0.05, 0.1) is 5.39 Å². The zero-order chi connectivity index (χ0) is 10.3. The van der Waals surface area contributed by atoms with Crippen LogP contribution >= 0.6 is 35.2 Å². The van der Waals surface area contributed by atoms with Gasteiger partial charge < -0.3 is 0 Å². The Hall–Kier alpha value is -0.780. The van der Waals surface area contributed by atoms with Crippen LogP contribution in [0, 0.1) is 3.95 Å². The molecule has 0 saturated carbocycles. The summed E-state index contributed by atoms with van der Waals surface area (Å²) in [5, 5.41) is 0.923. The lowest BCUT2D eigenvalue weighted by atomic mass is 10.4. The molecule has 0 spiro atoms. The van der Waals surface area contributed by atoms with Crippen molar-refractivity contribution in [2.75, 3.05) is 0 Å². The van der Waals surface area contributed by atoms with Crippen molar-refractivity contribution in [3.8, 4) is 0 Å². The van der Waals surface area contributed by atoms with Crippen LogP contribution in [0.4, 0.5) is 0 Å². The Kier molecular flexibility index (Phi) is 2.38. The van der Waals surface area contributed by atoms with Gasteiger partial charge in [0.1, 0.15) is 9.98 Å². The summed E-state index contributed by atoms with van der Waals surface area (Å²) in [6.07, 6.45) is 0. The van der Waals surface area contributed by atoms with Gasteiger partial charge in [0.15, 0.2) is 3.95 Å². The quantitative estimate of drug-likeness (QED) is 0.527. The monoisotopic (exact) mass is 244 g/mol. The smallest absolute Gasteiger partial charge is 0.262 e. The number of halogens is 1. The van der Waals surface area contributed by atoms with Crippen LogP contribution in [-0.4, -0.2) is 9.55 Å². The number of fused-ring (bicyclic) bond motifs is 1. The van der Waals surface area contributed by atoms with E-state index in [0.717, 1.165) is 0 Å². The van der Waals surface area contributed by atoms with Crippen LogP contribution in [0.1, 0.15) is 0 Å². The third kappa shape index (κ3) is 1.47. The van der Waals surface area contributed by atoms with E-state index in [0.29, 0.717) is 19.3 Å². The molecule has 0 unspecified atom stereocenters. The van der Waals surface area contributed by atoms with E-state index in [1.807, 2.05) is 0 Å². The fourth-order valence-corrected chi connectivity index (χ4v) is 2.39. The Labute approximate surface area is 93.6 Å². The molecule has 0 aromatic carbocycles. The first kappa shape index (κ1) is 9.76. The number of aromatic nitrogens is 2. The lowest BCUT2D eigenvalue weighted by Gasteiger charge is -1.99. The minimum absolute atomic E-state index is 0.132. The maximum absolute atomic E-state index is 11.7. The Balaban J connectivity index is 3.06. The molecule has 0 saturated heterocycles.